The van der Waals surface area contributed by atoms with E-state index in [4.69, 9.17) is 4.74 Å². The van der Waals surface area contributed by atoms with Crippen molar-refractivity contribution in [2.75, 3.05) is 7.11 Å². The summed E-state index contributed by atoms with van der Waals surface area (Å²) in [6, 6.07) is 7.25. The summed E-state index contributed by atoms with van der Waals surface area (Å²) < 4.78 is 8.83. The molecule has 2 aromatic rings. The first kappa shape index (κ1) is 16.1. The Morgan fingerprint density at radius 2 is 1.90 bits per heavy atom. The van der Waals surface area contributed by atoms with Crippen molar-refractivity contribution in [3.05, 3.63) is 38.9 Å². The van der Waals surface area contributed by atoms with Crippen LogP contribution in [-0.4, -0.2) is 22.8 Å². The van der Waals surface area contributed by atoms with Crippen molar-refractivity contribution in [3.8, 4) is 17.0 Å². The lowest BCUT2D eigenvalue weighted by Crippen LogP contribution is -2.11. The van der Waals surface area contributed by atoms with Gasteiger partial charge in [0.1, 0.15) is 11.4 Å². The molecule has 112 valence electrons. The predicted molar refractivity (Wildman–Crippen MR) is 89.2 cm³/mol. The SMILES string of the molecule is COc1cc(-c2ccc(C(=O)O)n2C(C)C)c(Br)cc1Br. The van der Waals surface area contributed by atoms with Crippen LogP contribution in [0.3, 0.4) is 0 Å². The first-order chi connectivity index (χ1) is 9.86. The average Bonchev–Trinajstić information content (AvgIpc) is 2.83. The molecule has 0 bridgehead atoms. The van der Waals surface area contributed by atoms with Gasteiger partial charge in [0.05, 0.1) is 17.3 Å². The van der Waals surface area contributed by atoms with Crippen molar-refractivity contribution in [3.63, 3.8) is 0 Å². The summed E-state index contributed by atoms with van der Waals surface area (Å²) in [5, 5.41) is 9.32. The number of hydrogen-bond acceptors (Lipinski definition) is 2. The van der Waals surface area contributed by atoms with Crippen molar-refractivity contribution in [2.45, 2.75) is 19.9 Å². The lowest BCUT2D eigenvalue weighted by Gasteiger charge is -2.17. The van der Waals surface area contributed by atoms with E-state index >= 15 is 0 Å². The van der Waals surface area contributed by atoms with Crippen LogP contribution in [0.5, 0.6) is 5.75 Å². The highest BCUT2D eigenvalue weighted by molar-refractivity contribution is 9.11. The van der Waals surface area contributed by atoms with Crippen LogP contribution in [0.15, 0.2) is 33.2 Å². The highest BCUT2D eigenvalue weighted by Crippen LogP contribution is 2.38. The number of halogens is 2. The number of carbonyl (C=O) groups is 1. The molecule has 0 aliphatic carbocycles. The monoisotopic (exact) mass is 415 g/mol. The minimum absolute atomic E-state index is 0.0302. The van der Waals surface area contributed by atoms with E-state index in [1.165, 1.54) is 0 Å². The molecular weight excluding hydrogens is 402 g/mol. The normalized spacial score (nSPS) is 11.0. The fraction of sp³-hybridized carbons (Fsp3) is 0.267. The Bertz CT molecular complexity index is 692. The van der Waals surface area contributed by atoms with Gasteiger partial charge in [-0.05, 0) is 54.0 Å². The summed E-state index contributed by atoms with van der Waals surface area (Å²) in [6.45, 7) is 3.92. The molecule has 1 N–H and O–H groups in total. The Hall–Kier alpha value is -1.27. The molecule has 1 aromatic heterocycles. The van der Waals surface area contributed by atoms with E-state index in [1.54, 1.807) is 17.7 Å². The van der Waals surface area contributed by atoms with E-state index in [9.17, 15) is 9.90 Å². The van der Waals surface area contributed by atoms with Crippen molar-refractivity contribution in [2.24, 2.45) is 0 Å². The van der Waals surface area contributed by atoms with Crippen LogP contribution < -0.4 is 4.74 Å². The third-order valence-corrected chi connectivity index (χ3v) is 4.45. The molecule has 0 amide bonds. The van der Waals surface area contributed by atoms with Gasteiger partial charge in [-0.3, -0.25) is 0 Å². The van der Waals surface area contributed by atoms with Crippen molar-refractivity contribution in [1.82, 2.24) is 4.57 Å². The molecule has 21 heavy (non-hydrogen) atoms. The quantitative estimate of drug-likeness (QED) is 0.765. The minimum atomic E-state index is -0.935. The molecule has 1 aromatic carbocycles. The van der Waals surface area contributed by atoms with Gasteiger partial charge in [-0.25, -0.2) is 4.79 Å². The van der Waals surface area contributed by atoms with E-state index in [0.29, 0.717) is 5.75 Å². The van der Waals surface area contributed by atoms with Crippen LogP contribution in [-0.2, 0) is 0 Å². The van der Waals surface area contributed by atoms with Gasteiger partial charge in [0.15, 0.2) is 0 Å². The summed E-state index contributed by atoms with van der Waals surface area (Å²) in [6.07, 6.45) is 0. The number of benzene rings is 1. The summed E-state index contributed by atoms with van der Waals surface area (Å²) in [7, 11) is 1.60. The first-order valence-electron chi connectivity index (χ1n) is 6.34. The summed E-state index contributed by atoms with van der Waals surface area (Å²) >= 11 is 6.96. The van der Waals surface area contributed by atoms with Crippen LogP contribution in [0.25, 0.3) is 11.3 Å². The third-order valence-electron chi connectivity index (χ3n) is 3.17. The van der Waals surface area contributed by atoms with Gasteiger partial charge in [0, 0.05) is 16.1 Å². The number of rotatable bonds is 4. The van der Waals surface area contributed by atoms with Crippen LogP contribution in [0.1, 0.15) is 30.4 Å². The van der Waals surface area contributed by atoms with Crippen molar-refractivity contribution >= 4 is 37.8 Å². The standard InChI is InChI=1S/C15H15Br2NO3/c1-8(2)18-12(4-5-13(18)15(19)20)9-6-14(21-3)11(17)7-10(9)16/h4-8H,1-3H3,(H,19,20). The largest absolute Gasteiger partial charge is 0.496 e. The predicted octanol–water partition coefficient (Wildman–Crippen LogP) is 4.97. The maximum Gasteiger partial charge on any atom is 0.352 e. The van der Waals surface area contributed by atoms with Gasteiger partial charge >= 0.3 is 5.97 Å². The number of carboxylic acids is 1. The lowest BCUT2D eigenvalue weighted by atomic mass is 10.1. The Balaban J connectivity index is 2.70. The van der Waals surface area contributed by atoms with Crippen LogP contribution >= 0.6 is 31.9 Å². The molecule has 0 aliphatic rings. The Morgan fingerprint density at radius 3 is 2.43 bits per heavy atom. The molecule has 0 aliphatic heterocycles. The number of methoxy groups -OCH3 is 1. The zero-order valence-corrected chi connectivity index (χ0v) is 15.0. The minimum Gasteiger partial charge on any atom is -0.496 e. The molecule has 0 radical (unpaired) electrons. The van der Waals surface area contributed by atoms with Gasteiger partial charge in [-0.2, -0.15) is 0 Å². The smallest absolute Gasteiger partial charge is 0.352 e. The lowest BCUT2D eigenvalue weighted by molar-refractivity contribution is 0.0683. The maximum absolute atomic E-state index is 11.4. The molecule has 0 saturated carbocycles. The summed E-state index contributed by atoms with van der Waals surface area (Å²) in [5.74, 6) is -0.239. The molecule has 2 rings (SSSR count). The highest BCUT2D eigenvalue weighted by Gasteiger charge is 2.19. The average molecular weight is 417 g/mol. The van der Waals surface area contributed by atoms with E-state index in [2.05, 4.69) is 31.9 Å². The van der Waals surface area contributed by atoms with Gasteiger partial charge < -0.3 is 14.4 Å². The summed E-state index contributed by atoms with van der Waals surface area (Å²) in [4.78, 5) is 11.4. The molecule has 6 heteroatoms. The van der Waals surface area contributed by atoms with Crippen molar-refractivity contribution in [1.29, 1.82) is 0 Å². The Kier molecular flexibility index (Phi) is 4.78. The second-order valence-electron chi connectivity index (χ2n) is 4.84. The fourth-order valence-electron chi connectivity index (χ4n) is 2.28. The molecule has 0 spiro atoms. The topological polar surface area (TPSA) is 51.5 Å². The van der Waals surface area contributed by atoms with Crippen LogP contribution in [0, 0.1) is 0 Å². The third kappa shape index (κ3) is 3.01. The zero-order valence-electron chi connectivity index (χ0n) is 11.9. The zero-order chi connectivity index (χ0) is 15.7. The molecule has 0 atom stereocenters. The molecular formula is C15H15Br2NO3. The molecule has 4 nitrogen and oxygen atoms in total. The second kappa shape index (κ2) is 6.23. The highest BCUT2D eigenvalue weighted by atomic mass is 79.9. The number of aromatic carboxylic acids is 1. The molecule has 0 unspecified atom stereocenters. The molecule has 1 heterocycles. The fourth-order valence-corrected chi connectivity index (χ4v) is 3.64. The van der Waals surface area contributed by atoms with Gasteiger partial charge in [0.2, 0.25) is 0 Å². The Morgan fingerprint density at radius 1 is 1.24 bits per heavy atom. The number of hydrogen-bond donors (Lipinski definition) is 1. The van der Waals surface area contributed by atoms with Crippen molar-refractivity contribution < 1.29 is 14.6 Å². The summed E-state index contributed by atoms with van der Waals surface area (Å²) in [5.41, 5.74) is 1.99. The number of carboxylic acid groups (broad SMARTS) is 1. The van der Waals surface area contributed by atoms with Crippen LogP contribution in [0.4, 0.5) is 0 Å². The van der Waals surface area contributed by atoms with E-state index in [-0.39, 0.29) is 11.7 Å². The van der Waals surface area contributed by atoms with Gasteiger partial charge in [0.25, 0.3) is 0 Å². The Labute approximate surface area is 140 Å². The number of ether oxygens (including phenoxy) is 1. The van der Waals surface area contributed by atoms with E-state index in [0.717, 1.165) is 20.2 Å². The number of nitrogens with zero attached hydrogens (tertiary/aromatic N) is 1. The van der Waals surface area contributed by atoms with Gasteiger partial charge in [-0.15, -0.1) is 0 Å². The van der Waals surface area contributed by atoms with Gasteiger partial charge in [-0.1, -0.05) is 15.9 Å². The van der Waals surface area contributed by atoms with Crippen LogP contribution in [0.2, 0.25) is 0 Å². The first-order valence-corrected chi connectivity index (χ1v) is 7.93. The molecule has 0 saturated heterocycles. The molecule has 0 fully saturated rings. The van der Waals surface area contributed by atoms with E-state index < -0.39 is 5.97 Å². The second-order valence-corrected chi connectivity index (χ2v) is 6.55. The maximum atomic E-state index is 11.4. The van der Waals surface area contributed by atoms with E-state index in [1.807, 2.05) is 32.0 Å². The number of aromatic nitrogens is 1.